The van der Waals surface area contributed by atoms with Gasteiger partial charge in [-0.1, -0.05) is 30.3 Å². The fraction of sp³-hybridized carbons (Fsp3) is 0.0909. The van der Waals surface area contributed by atoms with Crippen LogP contribution in [-0.4, -0.2) is 10.9 Å². The number of carbonyl (C=O) groups excluding carboxylic acids is 1. The molecule has 4 rings (SSSR count). The van der Waals surface area contributed by atoms with Crippen molar-refractivity contribution in [3.8, 4) is 11.5 Å². The Morgan fingerprint density at radius 1 is 0.962 bits per heavy atom. The van der Waals surface area contributed by atoms with E-state index < -0.39 is 0 Å². The summed E-state index contributed by atoms with van der Waals surface area (Å²) in [5.74, 6) is 0.403. The van der Waals surface area contributed by atoms with E-state index in [4.69, 9.17) is 4.42 Å². The fourth-order valence-electron chi connectivity index (χ4n) is 2.83. The van der Waals surface area contributed by atoms with E-state index >= 15 is 0 Å². The van der Waals surface area contributed by atoms with Crippen molar-refractivity contribution in [3.63, 3.8) is 0 Å². The van der Waals surface area contributed by atoms with Crippen molar-refractivity contribution >= 4 is 22.7 Å². The van der Waals surface area contributed by atoms with Gasteiger partial charge in [-0.05, 0) is 61.4 Å². The second-order valence-corrected chi connectivity index (χ2v) is 6.34. The lowest BCUT2D eigenvalue weighted by atomic mass is 10.1. The Hall–Kier alpha value is -3.40. The van der Waals surface area contributed by atoms with Crippen LogP contribution in [-0.2, 0) is 0 Å². The quantitative estimate of drug-likeness (QED) is 0.545. The molecule has 1 aromatic heterocycles. The van der Waals surface area contributed by atoms with Crippen LogP contribution in [0.1, 0.15) is 21.5 Å². The van der Waals surface area contributed by atoms with Crippen molar-refractivity contribution in [1.82, 2.24) is 4.98 Å². The summed E-state index contributed by atoms with van der Waals surface area (Å²) in [7, 11) is 0. The summed E-state index contributed by atoms with van der Waals surface area (Å²) in [6.07, 6.45) is 0. The van der Waals surface area contributed by atoms with E-state index in [1.807, 2.05) is 68.4 Å². The molecule has 0 unspecified atom stereocenters. The summed E-state index contributed by atoms with van der Waals surface area (Å²) in [5.41, 5.74) is 5.87. The Balaban J connectivity index is 1.68. The summed E-state index contributed by atoms with van der Waals surface area (Å²) in [6.45, 7) is 3.98. The second kappa shape index (κ2) is 6.48. The Labute approximate surface area is 151 Å². The summed E-state index contributed by atoms with van der Waals surface area (Å²) in [4.78, 5) is 17.0. The van der Waals surface area contributed by atoms with Crippen LogP contribution in [0.15, 0.2) is 71.1 Å². The Morgan fingerprint density at radius 2 is 1.77 bits per heavy atom. The zero-order valence-corrected chi connectivity index (χ0v) is 14.6. The summed E-state index contributed by atoms with van der Waals surface area (Å²) < 4.78 is 5.90. The molecular formula is C22H18N2O2. The van der Waals surface area contributed by atoms with Crippen molar-refractivity contribution in [2.75, 3.05) is 5.32 Å². The number of hydrogen-bond donors (Lipinski definition) is 1. The lowest BCUT2D eigenvalue weighted by molar-refractivity contribution is 0.102. The minimum absolute atomic E-state index is 0.140. The van der Waals surface area contributed by atoms with E-state index in [0.29, 0.717) is 11.5 Å². The topological polar surface area (TPSA) is 55.1 Å². The maximum absolute atomic E-state index is 12.4. The molecule has 0 aliphatic heterocycles. The summed E-state index contributed by atoms with van der Waals surface area (Å²) >= 11 is 0. The molecule has 1 heterocycles. The van der Waals surface area contributed by atoms with Gasteiger partial charge >= 0.3 is 0 Å². The van der Waals surface area contributed by atoms with Crippen molar-refractivity contribution in [3.05, 3.63) is 83.4 Å². The molecule has 0 aliphatic carbocycles. The van der Waals surface area contributed by atoms with Gasteiger partial charge in [0.15, 0.2) is 5.58 Å². The van der Waals surface area contributed by atoms with Gasteiger partial charge in [0.2, 0.25) is 5.89 Å². The highest BCUT2D eigenvalue weighted by Crippen LogP contribution is 2.28. The fourth-order valence-corrected chi connectivity index (χ4v) is 2.83. The highest BCUT2D eigenvalue weighted by atomic mass is 16.3. The van der Waals surface area contributed by atoms with Gasteiger partial charge in [-0.2, -0.15) is 0 Å². The molecule has 0 bridgehead atoms. The van der Waals surface area contributed by atoms with Crippen LogP contribution in [0.5, 0.6) is 0 Å². The molecule has 0 aliphatic rings. The third kappa shape index (κ3) is 3.09. The molecule has 128 valence electrons. The van der Waals surface area contributed by atoms with Crippen LogP contribution in [0.3, 0.4) is 0 Å². The number of nitrogens with zero attached hydrogens (tertiary/aromatic N) is 1. The number of aryl methyl sites for hydroxylation is 2. The third-order valence-electron chi connectivity index (χ3n) is 4.31. The van der Waals surface area contributed by atoms with Crippen LogP contribution >= 0.6 is 0 Å². The average molecular weight is 342 g/mol. The van der Waals surface area contributed by atoms with Crippen LogP contribution in [0, 0.1) is 13.8 Å². The average Bonchev–Trinajstić information content (AvgIpc) is 3.07. The normalized spacial score (nSPS) is 10.8. The number of anilines is 1. The summed E-state index contributed by atoms with van der Waals surface area (Å²) in [6, 6.07) is 20.9. The van der Waals surface area contributed by atoms with Crippen molar-refractivity contribution in [2.24, 2.45) is 0 Å². The number of amides is 1. The van der Waals surface area contributed by atoms with E-state index in [2.05, 4.69) is 10.3 Å². The lowest BCUT2D eigenvalue weighted by Gasteiger charge is -2.09. The van der Waals surface area contributed by atoms with E-state index in [1.165, 1.54) is 0 Å². The van der Waals surface area contributed by atoms with Crippen LogP contribution in [0.2, 0.25) is 0 Å². The first-order valence-corrected chi connectivity index (χ1v) is 8.45. The zero-order valence-electron chi connectivity index (χ0n) is 14.6. The molecule has 4 nitrogen and oxygen atoms in total. The van der Waals surface area contributed by atoms with Gasteiger partial charge in [0, 0.05) is 16.8 Å². The molecule has 0 fully saturated rings. The first-order chi connectivity index (χ1) is 12.6. The monoisotopic (exact) mass is 342 g/mol. The molecular weight excluding hydrogens is 324 g/mol. The standard InChI is InChI=1S/C22H18N2O2/c1-14-8-11-18-20(12-14)26-22(24-18)17-10-9-15(2)19(13-17)23-21(25)16-6-4-3-5-7-16/h3-13H,1-2H3,(H,23,25). The van der Waals surface area contributed by atoms with Gasteiger partial charge in [-0.15, -0.1) is 0 Å². The van der Waals surface area contributed by atoms with E-state index in [0.717, 1.165) is 33.5 Å². The molecule has 0 saturated carbocycles. The number of fused-ring (bicyclic) bond motifs is 1. The largest absolute Gasteiger partial charge is 0.436 e. The van der Waals surface area contributed by atoms with Gasteiger partial charge in [0.1, 0.15) is 5.52 Å². The Morgan fingerprint density at radius 3 is 2.58 bits per heavy atom. The number of oxazole rings is 1. The number of aromatic nitrogens is 1. The lowest BCUT2D eigenvalue weighted by Crippen LogP contribution is -2.12. The van der Waals surface area contributed by atoms with Gasteiger partial charge in [-0.25, -0.2) is 4.98 Å². The molecule has 0 spiro atoms. The second-order valence-electron chi connectivity index (χ2n) is 6.34. The number of hydrogen-bond acceptors (Lipinski definition) is 3. The van der Waals surface area contributed by atoms with Gasteiger partial charge in [-0.3, -0.25) is 4.79 Å². The molecule has 1 amide bonds. The number of rotatable bonds is 3. The SMILES string of the molecule is Cc1ccc2nc(-c3ccc(C)c(NC(=O)c4ccccc4)c3)oc2c1. The third-order valence-corrected chi connectivity index (χ3v) is 4.31. The molecule has 26 heavy (non-hydrogen) atoms. The van der Waals surface area contributed by atoms with Gasteiger partial charge < -0.3 is 9.73 Å². The van der Waals surface area contributed by atoms with Gasteiger partial charge in [0.25, 0.3) is 5.91 Å². The van der Waals surface area contributed by atoms with Crippen LogP contribution in [0.25, 0.3) is 22.6 Å². The minimum atomic E-state index is -0.140. The highest BCUT2D eigenvalue weighted by molar-refractivity contribution is 6.04. The predicted octanol–water partition coefficient (Wildman–Crippen LogP) is 5.36. The van der Waals surface area contributed by atoms with E-state index in [1.54, 1.807) is 12.1 Å². The smallest absolute Gasteiger partial charge is 0.255 e. The highest BCUT2D eigenvalue weighted by Gasteiger charge is 2.12. The van der Waals surface area contributed by atoms with Crippen molar-refractivity contribution in [2.45, 2.75) is 13.8 Å². The molecule has 3 aromatic carbocycles. The maximum Gasteiger partial charge on any atom is 0.255 e. The van der Waals surface area contributed by atoms with Crippen molar-refractivity contribution in [1.29, 1.82) is 0 Å². The Bertz CT molecular complexity index is 1100. The zero-order chi connectivity index (χ0) is 18.1. The molecule has 0 atom stereocenters. The van der Waals surface area contributed by atoms with E-state index in [9.17, 15) is 4.79 Å². The molecule has 1 N–H and O–H groups in total. The first kappa shape index (κ1) is 16.1. The number of benzene rings is 3. The number of carbonyl (C=O) groups is 1. The minimum Gasteiger partial charge on any atom is -0.436 e. The number of nitrogens with one attached hydrogen (secondary N) is 1. The molecule has 0 saturated heterocycles. The first-order valence-electron chi connectivity index (χ1n) is 8.45. The summed E-state index contributed by atoms with van der Waals surface area (Å²) in [5, 5.41) is 2.97. The molecule has 0 radical (unpaired) electrons. The van der Waals surface area contributed by atoms with E-state index in [-0.39, 0.29) is 5.91 Å². The van der Waals surface area contributed by atoms with Crippen LogP contribution < -0.4 is 5.32 Å². The Kier molecular flexibility index (Phi) is 4.01. The van der Waals surface area contributed by atoms with Crippen molar-refractivity contribution < 1.29 is 9.21 Å². The predicted molar refractivity (Wildman–Crippen MR) is 103 cm³/mol. The maximum atomic E-state index is 12.4. The van der Waals surface area contributed by atoms with Gasteiger partial charge in [0.05, 0.1) is 0 Å². The molecule has 4 heteroatoms. The molecule has 4 aromatic rings. The van der Waals surface area contributed by atoms with Crippen LogP contribution in [0.4, 0.5) is 5.69 Å².